The summed E-state index contributed by atoms with van der Waals surface area (Å²) in [6.07, 6.45) is 8.27. The Morgan fingerprint density at radius 2 is 2.20 bits per heavy atom. The van der Waals surface area contributed by atoms with Crippen molar-refractivity contribution in [2.24, 2.45) is 10.9 Å². The van der Waals surface area contributed by atoms with Crippen LogP contribution >= 0.6 is 12.1 Å². The van der Waals surface area contributed by atoms with E-state index in [1.54, 1.807) is 0 Å². The maximum atomic E-state index is 13.4. The van der Waals surface area contributed by atoms with Gasteiger partial charge in [-0.3, -0.25) is 4.99 Å². The van der Waals surface area contributed by atoms with Crippen molar-refractivity contribution in [2.45, 2.75) is 37.1 Å². The fourth-order valence-corrected chi connectivity index (χ4v) is 3.68. The first-order chi connectivity index (χ1) is 12.2. The molecule has 0 saturated heterocycles. The van der Waals surface area contributed by atoms with Crippen molar-refractivity contribution >= 4 is 28.8 Å². The number of aromatic nitrogens is 1. The van der Waals surface area contributed by atoms with E-state index in [2.05, 4.69) is 46.2 Å². The number of benzene rings is 1. The number of hydrogen-bond donors (Lipinski definition) is 2. The van der Waals surface area contributed by atoms with Gasteiger partial charge in [-0.15, -0.1) is 0 Å². The van der Waals surface area contributed by atoms with Crippen LogP contribution in [0.3, 0.4) is 0 Å². The lowest BCUT2D eigenvalue weighted by atomic mass is 10.1. The second kappa shape index (κ2) is 7.08. The van der Waals surface area contributed by atoms with E-state index < -0.39 is 0 Å². The number of halogens is 1. The van der Waals surface area contributed by atoms with E-state index in [-0.39, 0.29) is 0 Å². The molecule has 25 heavy (non-hydrogen) atoms. The highest BCUT2D eigenvalue weighted by Gasteiger charge is 2.24. The van der Waals surface area contributed by atoms with Gasteiger partial charge in [0, 0.05) is 32.9 Å². The van der Waals surface area contributed by atoms with E-state index in [4.69, 9.17) is 0 Å². The minimum atomic E-state index is 0.331. The van der Waals surface area contributed by atoms with Gasteiger partial charge in [-0.05, 0) is 61.4 Å². The van der Waals surface area contributed by atoms with Gasteiger partial charge in [0.1, 0.15) is 0 Å². The number of rotatable bonds is 8. The second-order valence-electron chi connectivity index (χ2n) is 6.81. The van der Waals surface area contributed by atoms with Gasteiger partial charge in [-0.2, -0.15) is 3.89 Å². The molecule has 1 saturated carbocycles. The van der Waals surface area contributed by atoms with Crippen molar-refractivity contribution in [1.29, 1.82) is 0 Å². The predicted molar refractivity (Wildman–Crippen MR) is 104 cm³/mol. The summed E-state index contributed by atoms with van der Waals surface area (Å²) < 4.78 is 13.4. The van der Waals surface area contributed by atoms with E-state index in [9.17, 15) is 3.89 Å². The third kappa shape index (κ3) is 3.82. The number of hydrogen-bond acceptors (Lipinski definition) is 3. The van der Waals surface area contributed by atoms with Crippen LogP contribution in [-0.4, -0.2) is 17.2 Å². The Balaban J connectivity index is 1.50. The van der Waals surface area contributed by atoms with Crippen molar-refractivity contribution < 1.29 is 3.89 Å². The molecule has 2 N–H and O–H groups in total. The molecule has 1 aliphatic heterocycles. The third-order valence-corrected chi connectivity index (χ3v) is 5.42. The summed E-state index contributed by atoms with van der Waals surface area (Å²) in [5, 5.41) is 4.45. The lowest BCUT2D eigenvalue weighted by Gasteiger charge is -2.06. The summed E-state index contributed by atoms with van der Waals surface area (Å²) in [6, 6.07) is 6.11. The minimum Gasteiger partial charge on any atom is -0.383 e. The Hall–Kier alpha value is -2.01. The molecule has 0 amide bonds. The van der Waals surface area contributed by atoms with Gasteiger partial charge in [0.15, 0.2) is 0 Å². The number of aliphatic imine (C=N–C) groups is 1. The lowest BCUT2D eigenvalue weighted by Crippen LogP contribution is -2.13. The fourth-order valence-electron chi connectivity index (χ4n) is 3.25. The molecular formula is C20H22FN3S. The van der Waals surface area contributed by atoms with Crippen LogP contribution in [-0.2, 0) is 13.0 Å². The number of aryl methyl sites for hydroxylation is 1. The molecule has 0 radical (unpaired) electrons. The lowest BCUT2D eigenvalue weighted by molar-refractivity contribution is 0.737. The molecule has 2 heterocycles. The zero-order valence-corrected chi connectivity index (χ0v) is 15.0. The van der Waals surface area contributed by atoms with Crippen LogP contribution in [0.1, 0.15) is 30.5 Å². The van der Waals surface area contributed by atoms with Gasteiger partial charge in [-0.25, -0.2) is 0 Å². The maximum absolute atomic E-state index is 13.4. The molecule has 0 spiro atoms. The zero-order valence-electron chi connectivity index (χ0n) is 14.1. The minimum absolute atomic E-state index is 0.331. The van der Waals surface area contributed by atoms with Gasteiger partial charge in [0.05, 0.1) is 25.2 Å². The quantitative estimate of drug-likeness (QED) is 0.691. The molecular weight excluding hydrogens is 333 g/mol. The highest BCUT2D eigenvalue weighted by Crippen LogP contribution is 2.34. The smallest absolute Gasteiger partial charge is 0.0815 e. The second-order valence-corrected chi connectivity index (χ2v) is 7.40. The summed E-state index contributed by atoms with van der Waals surface area (Å²) in [4.78, 5) is 8.57. The molecule has 1 fully saturated rings. The molecule has 2 aromatic rings. The SMILES string of the molecule is C=C(NCc1cc2cc(SF)c(CCC3=NCC=C3)cc2[nH]1)C1CC1. The Bertz CT molecular complexity index is 861. The number of nitrogens with zero attached hydrogens (tertiary/aromatic N) is 1. The molecule has 1 aliphatic carbocycles. The number of nitrogens with one attached hydrogen (secondary N) is 2. The normalized spacial score (nSPS) is 16.4. The summed E-state index contributed by atoms with van der Waals surface area (Å²) in [5.74, 6) is 0.651. The first-order valence-corrected chi connectivity index (χ1v) is 9.50. The Morgan fingerprint density at radius 1 is 1.32 bits per heavy atom. The molecule has 0 unspecified atom stereocenters. The Labute approximate surface area is 151 Å². The number of aromatic amines is 1. The zero-order chi connectivity index (χ0) is 17.2. The van der Waals surface area contributed by atoms with Gasteiger partial charge >= 0.3 is 0 Å². The molecule has 0 bridgehead atoms. The average Bonchev–Trinajstić information content (AvgIpc) is 3.20. The molecule has 2 aliphatic rings. The predicted octanol–water partition coefficient (Wildman–Crippen LogP) is 5.10. The van der Waals surface area contributed by atoms with E-state index in [1.807, 2.05) is 6.07 Å². The van der Waals surface area contributed by atoms with Crippen LogP contribution in [0.2, 0.25) is 0 Å². The Kier molecular flexibility index (Phi) is 4.66. The van der Waals surface area contributed by atoms with Gasteiger partial charge < -0.3 is 10.3 Å². The molecule has 0 atom stereocenters. The summed E-state index contributed by atoms with van der Waals surface area (Å²) in [5.41, 5.74) is 5.43. The van der Waals surface area contributed by atoms with Gasteiger partial charge in [0.25, 0.3) is 0 Å². The number of allylic oxidation sites excluding steroid dienone is 2. The van der Waals surface area contributed by atoms with Crippen LogP contribution in [0.15, 0.2) is 52.5 Å². The van der Waals surface area contributed by atoms with Gasteiger partial charge in [-0.1, -0.05) is 12.7 Å². The number of fused-ring (bicyclic) bond motifs is 1. The van der Waals surface area contributed by atoms with Crippen molar-refractivity contribution in [1.82, 2.24) is 10.3 Å². The van der Waals surface area contributed by atoms with Crippen molar-refractivity contribution in [2.75, 3.05) is 6.54 Å². The first-order valence-electron chi connectivity index (χ1n) is 8.78. The highest BCUT2D eigenvalue weighted by molar-refractivity contribution is 7.94. The third-order valence-electron chi connectivity index (χ3n) is 4.88. The van der Waals surface area contributed by atoms with E-state index >= 15 is 0 Å². The van der Waals surface area contributed by atoms with Crippen molar-refractivity contribution in [3.05, 3.63) is 53.9 Å². The molecule has 3 nitrogen and oxygen atoms in total. The average molecular weight is 355 g/mol. The summed E-state index contributed by atoms with van der Waals surface area (Å²) >= 11 is 0.331. The van der Waals surface area contributed by atoms with Gasteiger partial charge in [0.2, 0.25) is 0 Å². The van der Waals surface area contributed by atoms with Crippen LogP contribution in [0.25, 0.3) is 10.9 Å². The maximum Gasteiger partial charge on any atom is 0.0815 e. The van der Waals surface area contributed by atoms with Crippen LogP contribution in [0.4, 0.5) is 3.89 Å². The molecule has 4 rings (SSSR count). The topological polar surface area (TPSA) is 40.2 Å². The standard InChI is InChI=1S/C20H22FN3S/c1-13(14-4-5-14)23-12-18-9-16-11-20(25-21)15(10-19(16)24-18)6-7-17-3-2-8-22-17/h2-3,9-11,14,23-24H,1,4-8,12H2. The summed E-state index contributed by atoms with van der Waals surface area (Å²) in [6.45, 7) is 5.61. The van der Waals surface area contributed by atoms with Crippen LogP contribution in [0, 0.1) is 5.92 Å². The summed E-state index contributed by atoms with van der Waals surface area (Å²) in [7, 11) is 0. The molecule has 5 heteroatoms. The molecule has 130 valence electrons. The first kappa shape index (κ1) is 16.5. The van der Waals surface area contributed by atoms with Crippen molar-refractivity contribution in [3.63, 3.8) is 0 Å². The van der Waals surface area contributed by atoms with Crippen LogP contribution in [0.5, 0.6) is 0 Å². The van der Waals surface area contributed by atoms with E-state index in [0.717, 1.165) is 59.5 Å². The van der Waals surface area contributed by atoms with Crippen molar-refractivity contribution in [3.8, 4) is 0 Å². The molecule has 1 aromatic carbocycles. The number of H-pyrrole nitrogens is 1. The fraction of sp³-hybridized carbons (Fsp3) is 0.350. The monoisotopic (exact) mass is 355 g/mol. The van der Waals surface area contributed by atoms with Crippen LogP contribution < -0.4 is 5.32 Å². The van der Waals surface area contributed by atoms with E-state index in [0.29, 0.717) is 23.0 Å². The Morgan fingerprint density at radius 3 is 2.92 bits per heavy atom. The molecule has 1 aromatic heterocycles. The highest BCUT2D eigenvalue weighted by atomic mass is 32.2. The van der Waals surface area contributed by atoms with E-state index in [1.165, 1.54) is 12.8 Å². The largest absolute Gasteiger partial charge is 0.383 e.